The number of guanidine groups is 1. The number of amides is 1. The van der Waals surface area contributed by atoms with E-state index in [1.165, 1.54) is 23.1 Å². The summed E-state index contributed by atoms with van der Waals surface area (Å²) < 4.78 is 36.6. The minimum absolute atomic E-state index is 0. The van der Waals surface area contributed by atoms with Crippen LogP contribution in [0.15, 0.2) is 23.2 Å². The van der Waals surface area contributed by atoms with Gasteiger partial charge in [0.05, 0.1) is 12.3 Å². The fourth-order valence-corrected chi connectivity index (χ4v) is 3.03. The van der Waals surface area contributed by atoms with Gasteiger partial charge in [-0.15, -0.1) is 24.0 Å². The SMILES string of the molecule is CCNC(=NCc1cc(F)ccc1CS(C)(=O)=O)NCCC(=O)N(C)C.I. The number of aliphatic imine (C=N–C) groups is 1. The molecule has 0 aromatic heterocycles. The average Bonchev–Trinajstić information content (AvgIpc) is 2.53. The van der Waals surface area contributed by atoms with Crippen LogP contribution in [-0.2, 0) is 26.9 Å². The third-order valence-electron chi connectivity index (χ3n) is 3.47. The summed E-state index contributed by atoms with van der Waals surface area (Å²) in [4.78, 5) is 17.5. The number of carbonyl (C=O) groups excluding carboxylic acids is 1. The molecule has 7 nitrogen and oxygen atoms in total. The van der Waals surface area contributed by atoms with Gasteiger partial charge < -0.3 is 15.5 Å². The zero-order valence-corrected chi connectivity index (χ0v) is 19.2. The number of hydrogen-bond acceptors (Lipinski definition) is 4. The molecule has 154 valence electrons. The van der Waals surface area contributed by atoms with Gasteiger partial charge in [-0.1, -0.05) is 6.07 Å². The fourth-order valence-electron chi connectivity index (χ4n) is 2.18. The summed E-state index contributed by atoms with van der Waals surface area (Å²) >= 11 is 0. The molecule has 1 aromatic rings. The molecule has 0 aliphatic carbocycles. The molecule has 0 unspecified atom stereocenters. The normalized spacial score (nSPS) is 11.5. The van der Waals surface area contributed by atoms with Gasteiger partial charge in [-0.2, -0.15) is 0 Å². The number of carbonyl (C=O) groups is 1. The highest BCUT2D eigenvalue weighted by Crippen LogP contribution is 2.15. The van der Waals surface area contributed by atoms with Gasteiger partial charge in [0.2, 0.25) is 5.91 Å². The highest BCUT2D eigenvalue weighted by molar-refractivity contribution is 14.0. The first-order valence-electron chi connectivity index (χ1n) is 8.29. The highest BCUT2D eigenvalue weighted by Gasteiger charge is 2.11. The van der Waals surface area contributed by atoms with Crippen molar-refractivity contribution in [2.24, 2.45) is 4.99 Å². The van der Waals surface area contributed by atoms with E-state index in [0.717, 1.165) is 6.26 Å². The Hall–Kier alpha value is -1.43. The minimum atomic E-state index is -3.24. The molecule has 0 atom stereocenters. The van der Waals surface area contributed by atoms with Crippen molar-refractivity contribution in [3.63, 3.8) is 0 Å². The van der Waals surface area contributed by atoms with Crippen molar-refractivity contribution in [1.29, 1.82) is 0 Å². The van der Waals surface area contributed by atoms with Crippen LogP contribution in [0.1, 0.15) is 24.5 Å². The monoisotopic (exact) mass is 514 g/mol. The summed E-state index contributed by atoms with van der Waals surface area (Å²) in [5.74, 6) is -0.135. The van der Waals surface area contributed by atoms with E-state index in [1.54, 1.807) is 14.1 Å². The lowest BCUT2D eigenvalue weighted by atomic mass is 10.1. The lowest BCUT2D eigenvalue weighted by molar-refractivity contribution is -0.128. The Kier molecular flexibility index (Phi) is 11.5. The first kappa shape index (κ1) is 25.6. The number of rotatable bonds is 8. The lowest BCUT2D eigenvalue weighted by Gasteiger charge is -2.14. The molecule has 0 aliphatic rings. The van der Waals surface area contributed by atoms with Crippen LogP contribution in [0.5, 0.6) is 0 Å². The van der Waals surface area contributed by atoms with Crippen molar-refractivity contribution in [3.8, 4) is 0 Å². The zero-order valence-electron chi connectivity index (χ0n) is 16.1. The maximum absolute atomic E-state index is 13.5. The predicted octanol–water partition coefficient (Wildman–Crippen LogP) is 1.52. The van der Waals surface area contributed by atoms with Gasteiger partial charge in [-0.05, 0) is 30.2 Å². The number of halogens is 2. The Morgan fingerprint density at radius 1 is 1.22 bits per heavy atom. The summed E-state index contributed by atoms with van der Waals surface area (Å²) in [5, 5.41) is 6.08. The second kappa shape index (κ2) is 12.1. The third-order valence-corrected chi connectivity index (χ3v) is 4.30. The van der Waals surface area contributed by atoms with Gasteiger partial charge in [0.15, 0.2) is 15.8 Å². The Bertz CT molecular complexity index is 755. The molecule has 0 saturated heterocycles. The summed E-state index contributed by atoms with van der Waals surface area (Å²) in [7, 11) is 0.141. The molecule has 27 heavy (non-hydrogen) atoms. The summed E-state index contributed by atoms with van der Waals surface area (Å²) in [6.45, 7) is 3.05. The van der Waals surface area contributed by atoms with E-state index in [1.807, 2.05) is 6.92 Å². The lowest BCUT2D eigenvalue weighted by Crippen LogP contribution is -2.39. The maximum Gasteiger partial charge on any atom is 0.223 e. The van der Waals surface area contributed by atoms with E-state index in [0.29, 0.717) is 36.6 Å². The van der Waals surface area contributed by atoms with Crippen LogP contribution in [0.4, 0.5) is 4.39 Å². The number of nitrogens with zero attached hydrogens (tertiary/aromatic N) is 2. The maximum atomic E-state index is 13.5. The first-order chi connectivity index (χ1) is 12.1. The molecular weight excluding hydrogens is 486 g/mol. The zero-order chi connectivity index (χ0) is 19.7. The molecule has 0 fully saturated rings. The first-order valence-corrected chi connectivity index (χ1v) is 10.4. The van der Waals surface area contributed by atoms with Gasteiger partial charge in [0, 0.05) is 39.9 Å². The van der Waals surface area contributed by atoms with Crippen LogP contribution in [0, 0.1) is 5.82 Å². The number of hydrogen-bond donors (Lipinski definition) is 2. The van der Waals surface area contributed by atoms with E-state index in [2.05, 4.69) is 15.6 Å². The van der Waals surface area contributed by atoms with Crippen LogP contribution in [-0.4, -0.2) is 58.6 Å². The van der Waals surface area contributed by atoms with E-state index in [4.69, 9.17) is 0 Å². The van der Waals surface area contributed by atoms with Gasteiger partial charge in [0.1, 0.15) is 5.82 Å². The fraction of sp³-hybridized carbons (Fsp3) is 0.529. The Balaban J connectivity index is 0.00000676. The summed E-state index contributed by atoms with van der Waals surface area (Å²) in [5.41, 5.74) is 1.04. The molecule has 0 bridgehead atoms. The summed E-state index contributed by atoms with van der Waals surface area (Å²) in [6, 6.07) is 4.00. The summed E-state index contributed by atoms with van der Waals surface area (Å²) in [6.07, 6.45) is 1.45. The standard InChI is InChI=1S/C17H27FN4O3S.HI/c1-5-19-17(20-9-8-16(23)22(2)3)21-11-14-10-15(18)7-6-13(14)12-26(4,24)25;/h6-7,10H,5,8-9,11-12H2,1-4H3,(H2,19,20,21);1H. The van der Waals surface area contributed by atoms with Crippen molar-refractivity contribution in [1.82, 2.24) is 15.5 Å². The van der Waals surface area contributed by atoms with E-state index < -0.39 is 15.7 Å². The highest BCUT2D eigenvalue weighted by atomic mass is 127. The van der Waals surface area contributed by atoms with Crippen LogP contribution >= 0.6 is 24.0 Å². The van der Waals surface area contributed by atoms with Gasteiger partial charge in [-0.25, -0.2) is 17.8 Å². The van der Waals surface area contributed by atoms with Crippen molar-refractivity contribution in [2.45, 2.75) is 25.6 Å². The topological polar surface area (TPSA) is 90.9 Å². The van der Waals surface area contributed by atoms with Crippen molar-refractivity contribution in [3.05, 3.63) is 35.1 Å². The van der Waals surface area contributed by atoms with Gasteiger partial charge in [-0.3, -0.25) is 4.79 Å². The number of sulfone groups is 1. The van der Waals surface area contributed by atoms with Crippen molar-refractivity contribution < 1.29 is 17.6 Å². The molecule has 1 rings (SSSR count). The molecule has 2 N–H and O–H groups in total. The second-order valence-electron chi connectivity index (χ2n) is 6.14. The minimum Gasteiger partial charge on any atom is -0.357 e. The molecule has 1 aromatic carbocycles. The van der Waals surface area contributed by atoms with E-state index in [-0.39, 0.29) is 42.2 Å². The van der Waals surface area contributed by atoms with E-state index in [9.17, 15) is 17.6 Å². The molecule has 10 heteroatoms. The molecule has 1 amide bonds. The third kappa shape index (κ3) is 10.5. The van der Waals surface area contributed by atoms with Gasteiger partial charge >= 0.3 is 0 Å². The van der Waals surface area contributed by atoms with Gasteiger partial charge in [0.25, 0.3) is 0 Å². The molecule has 0 radical (unpaired) electrons. The average molecular weight is 514 g/mol. The van der Waals surface area contributed by atoms with E-state index >= 15 is 0 Å². The van der Waals surface area contributed by atoms with Crippen molar-refractivity contribution in [2.75, 3.05) is 33.4 Å². The Labute approximate surface area is 177 Å². The molecule has 0 heterocycles. The van der Waals surface area contributed by atoms with Crippen LogP contribution in [0.3, 0.4) is 0 Å². The van der Waals surface area contributed by atoms with Crippen LogP contribution < -0.4 is 10.6 Å². The van der Waals surface area contributed by atoms with Crippen LogP contribution in [0.2, 0.25) is 0 Å². The predicted molar refractivity (Wildman–Crippen MR) is 116 cm³/mol. The second-order valence-corrected chi connectivity index (χ2v) is 8.28. The van der Waals surface area contributed by atoms with Crippen LogP contribution in [0.25, 0.3) is 0 Å². The molecule has 0 saturated carbocycles. The van der Waals surface area contributed by atoms with Crippen molar-refractivity contribution >= 4 is 45.7 Å². The molecule has 0 aliphatic heterocycles. The number of nitrogens with one attached hydrogen (secondary N) is 2. The largest absolute Gasteiger partial charge is 0.357 e. The smallest absolute Gasteiger partial charge is 0.223 e. The Morgan fingerprint density at radius 3 is 2.44 bits per heavy atom. The molecular formula is C17H28FIN4O3S. The Morgan fingerprint density at radius 2 is 1.89 bits per heavy atom. The number of benzene rings is 1. The molecule has 0 spiro atoms. The quantitative estimate of drug-likeness (QED) is 0.312.